The van der Waals surface area contributed by atoms with E-state index in [2.05, 4.69) is 13.8 Å². The van der Waals surface area contributed by atoms with Crippen molar-refractivity contribution in [1.82, 2.24) is 0 Å². The van der Waals surface area contributed by atoms with Gasteiger partial charge in [-0.25, -0.2) is 0 Å². The number of carbonyl (C=O) groups excluding carboxylic acids is 3. The Kier molecular flexibility index (Phi) is 10.7. The first kappa shape index (κ1) is 38.5. The molecule has 7 rings (SSSR count). The maximum atomic E-state index is 14.7. The highest BCUT2D eigenvalue weighted by Gasteiger charge is 2.69. The number of ether oxygens (including phenoxy) is 7. The lowest BCUT2D eigenvalue weighted by molar-refractivity contribution is -0.347. The number of Topliss-reactive ketones (excluding diaryl/α,β-unsaturated/α-hetero) is 1. The molecule has 0 unspecified atom stereocenters. The van der Waals surface area contributed by atoms with Crippen LogP contribution < -0.4 is 0 Å². The average Bonchev–Trinajstić information content (AvgIpc) is 3.53. The largest absolute Gasteiger partial charge is 0.465 e. The van der Waals surface area contributed by atoms with Crippen molar-refractivity contribution >= 4 is 17.7 Å². The van der Waals surface area contributed by atoms with Gasteiger partial charge in [0.05, 0.1) is 37.9 Å². The van der Waals surface area contributed by atoms with Crippen molar-refractivity contribution in [2.24, 2.45) is 39.9 Å². The van der Waals surface area contributed by atoms with Gasteiger partial charge >= 0.3 is 11.9 Å². The SMILES string of the molecule is CO[C@@H]1C[C@H](O[C@H]2CC[C@@]3(C)[C@@H](CC[C@@]45CC[C@H]([C@H]6COC(=O)C6)[C@@](C)(CC[C@@H]43)C5=O)[C@H]2OC(C)=O)O[C@H](C)[C@@H]1O[C@@H]1O[C@H](CO)[C@@H](O)[C@H](O)[C@H]1O. The van der Waals surface area contributed by atoms with Crippen molar-refractivity contribution in [3.05, 3.63) is 0 Å². The smallest absolute Gasteiger partial charge is 0.306 e. The maximum absolute atomic E-state index is 14.7. The Morgan fingerprint density at radius 1 is 0.885 bits per heavy atom. The molecule has 3 aliphatic heterocycles. The first-order chi connectivity index (χ1) is 24.7. The van der Waals surface area contributed by atoms with Crippen LogP contribution in [0.3, 0.4) is 0 Å². The number of esters is 2. The molecule has 52 heavy (non-hydrogen) atoms. The minimum atomic E-state index is -1.58. The third kappa shape index (κ3) is 6.25. The molecular formula is C38H58O14. The van der Waals surface area contributed by atoms with Gasteiger partial charge in [0.1, 0.15) is 42.4 Å². The fraction of sp³-hybridized carbons (Fsp3) is 0.921. The summed E-state index contributed by atoms with van der Waals surface area (Å²) < 4.78 is 41.9. The average molecular weight is 739 g/mol. The number of ketones is 1. The summed E-state index contributed by atoms with van der Waals surface area (Å²) in [5.41, 5.74) is -1.13. The fourth-order valence-electron chi connectivity index (χ4n) is 12.2. The van der Waals surface area contributed by atoms with Gasteiger partial charge in [-0.15, -0.1) is 0 Å². The van der Waals surface area contributed by atoms with Gasteiger partial charge in [-0.1, -0.05) is 13.8 Å². The van der Waals surface area contributed by atoms with Crippen LogP contribution in [-0.2, 0) is 47.5 Å². The summed E-state index contributed by atoms with van der Waals surface area (Å²) in [6.07, 6.45) is -3.76. The van der Waals surface area contributed by atoms with Gasteiger partial charge in [0.15, 0.2) is 12.6 Å². The predicted octanol–water partition coefficient (Wildman–Crippen LogP) is 1.79. The van der Waals surface area contributed by atoms with Crippen LogP contribution in [0.2, 0.25) is 0 Å². The quantitative estimate of drug-likeness (QED) is 0.208. The van der Waals surface area contributed by atoms with Crippen LogP contribution in [0.15, 0.2) is 0 Å². The first-order valence-corrected chi connectivity index (χ1v) is 19.3. The number of fused-ring (bicyclic) bond motifs is 3. The molecular weight excluding hydrogens is 680 g/mol. The molecule has 14 heteroatoms. The van der Waals surface area contributed by atoms with E-state index < -0.39 is 85.0 Å². The highest BCUT2D eigenvalue weighted by atomic mass is 16.7. The van der Waals surface area contributed by atoms with Gasteiger partial charge in [0, 0.05) is 43.1 Å². The van der Waals surface area contributed by atoms with Crippen LogP contribution in [-0.4, -0.2) is 126 Å². The predicted molar refractivity (Wildman–Crippen MR) is 179 cm³/mol. The molecule has 0 aromatic rings. The standard InChI is InChI=1S/C38H58O14/c1-18-32(52-34-31(44)30(43)29(42)25(16-39)51-34)24(46-5)15-28(48-18)50-23-8-10-36(3)22(33(23)49-19(2)40)7-13-38-12-6-21(20-14-27(41)47-17-20)37(4,35(38)45)11-9-26(36)38/h18,20-26,28-34,39,42-44H,6-17H2,1-5H3/t18-,20-,21-,22+,23+,24-,25-,26-,28+,29-,30+,31-,32+,33-,34+,36+,37-,38+/m1/s1. The Bertz CT molecular complexity index is 1360. The molecule has 0 amide bonds. The van der Waals surface area contributed by atoms with Crippen LogP contribution in [0.4, 0.5) is 0 Å². The Balaban J connectivity index is 1.05. The summed E-state index contributed by atoms with van der Waals surface area (Å²) in [4.78, 5) is 39.4. The van der Waals surface area contributed by atoms with Crippen LogP contribution in [0.5, 0.6) is 0 Å². The molecule has 1 spiro atoms. The van der Waals surface area contributed by atoms with E-state index in [0.717, 1.165) is 44.9 Å². The second-order valence-corrected chi connectivity index (χ2v) is 17.3. The number of aliphatic hydroxyl groups is 4. The van der Waals surface area contributed by atoms with Gasteiger partial charge in [-0.2, -0.15) is 0 Å². The number of carbonyl (C=O) groups is 3. The number of aliphatic hydroxyl groups excluding tert-OH is 4. The Morgan fingerprint density at radius 3 is 2.27 bits per heavy atom. The molecule has 3 saturated heterocycles. The lowest BCUT2D eigenvalue weighted by atomic mass is 9.36. The van der Waals surface area contributed by atoms with Crippen LogP contribution in [0.1, 0.15) is 91.9 Å². The normalized spacial score (nSPS) is 52.0. The monoisotopic (exact) mass is 738 g/mol. The molecule has 0 aromatic carbocycles. The van der Waals surface area contributed by atoms with E-state index in [9.17, 15) is 34.8 Å². The van der Waals surface area contributed by atoms with Gasteiger partial charge in [0.2, 0.25) is 0 Å². The lowest BCUT2D eigenvalue weighted by Crippen LogP contribution is -2.67. The minimum absolute atomic E-state index is 0.0111. The molecule has 7 fully saturated rings. The van der Waals surface area contributed by atoms with Crippen LogP contribution in [0.25, 0.3) is 0 Å². The Labute approximate surface area is 305 Å². The number of methoxy groups -OCH3 is 1. The van der Waals surface area contributed by atoms with Crippen molar-refractivity contribution in [3.8, 4) is 0 Å². The topological polar surface area (TPSA) is 197 Å². The van der Waals surface area contributed by atoms with Crippen molar-refractivity contribution in [3.63, 3.8) is 0 Å². The summed E-state index contributed by atoms with van der Waals surface area (Å²) >= 11 is 0. The number of cyclic esters (lactones) is 1. The second-order valence-electron chi connectivity index (χ2n) is 17.3. The third-order valence-corrected chi connectivity index (χ3v) is 14.7. The van der Waals surface area contributed by atoms with Gasteiger partial charge in [-0.3, -0.25) is 14.4 Å². The highest BCUT2D eigenvalue weighted by Crippen LogP contribution is 2.70. The van der Waals surface area contributed by atoms with E-state index >= 15 is 0 Å². The summed E-state index contributed by atoms with van der Waals surface area (Å²) in [5.74, 6) is 0.214. The van der Waals surface area contributed by atoms with Gasteiger partial charge in [0.25, 0.3) is 0 Å². The highest BCUT2D eigenvalue weighted by molar-refractivity contribution is 5.92. The molecule has 14 nitrogen and oxygen atoms in total. The van der Waals surface area contributed by atoms with E-state index in [0.29, 0.717) is 25.2 Å². The van der Waals surface area contributed by atoms with E-state index in [-0.39, 0.29) is 47.4 Å². The fourth-order valence-corrected chi connectivity index (χ4v) is 12.2. The molecule has 294 valence electrons. The number of hydrogen-bond acceptors (Lipinski definition) is 14. The molecule has 0 aromatic heterocycles. The van der Waals surface area contributed by atoms with Crippen LogP contribution in [0, 0.1) is 39.9 Å². The van der Waals surface area contributed by atoms with Gasteiger partial charge in [-0.05, 0) is 75.5 Å². The summed E-state index contributed by atoms with van der Waals surface area (Å²) in [6.45, 7) is 7.46. The third-order valence-electron chi connectivity index (χ3n) is 14.7. The van der Waals surface area contributed by atoms with E-state index in [1.165, 1.54) is 14.0 Å². The Hall–Kier alpha value is -1.75. The van der Waals surface area contributed by atoms with E-state index in [1.807, 2.05) is 0 Å². The van der Waals surface area contributed by atoms with Gasteiger partial charge < -0.3 is 53.6 Å². The number of rotatable bonds is 8. The summed E-state index contributed by atoms with van der Waals surface area (Å²) in [5, 5.41) is 40.6. The van der Waals surface area contributed by atoms with Crippen LogP contribution >= 0.6 is 0 Å². The summed E-state index contributed by atoms with van der Waals surface area (Å²) in [7, 11) is 1.53. The number of hydrogen-bond donors (Lipinski definition) is 4. The first-order valence-electron chi connectivity index (χ1n) is 19.3. The molecule has 18 atom stereocenters. The molecule has 0 radical (unpaired) electrons. The molecule has 4 aliphatic carbocycles. The molecule has 2 bridgehead atoms. The molecule has 7 aliphatic rings. The van der Waals surface area contributed by atoms with E-state index in [4.69, 9.17) is 33.2 Å². The zero-order valence-electron chi connectivity index (χ0n) is 31.0. The van der Waals surface area contributed by atoms with Crippen molar-refractivity contribution in [2.75, 3.05) is 20.3 Å². The van der Waals surface area contributed by atoms with Crippen molar-refractivity contribution in [2.45, 2.75) is 159 Å². The zero-order valence-corrected chi connectivity index (χ0v) is 31.0. The van der Waals surface area contributed by atoms with Crippen molar-refractivity contribution < 1.29 is 68.0 Å². The lowest BCUT2D eigenvalue weighted by Gasteiger charge is -2.67. The molecule has 3 heterocycles. The van der Waals surface area contributed by atoms with Crippen molar-refractivity contribution in [1.29, 1.82) is 0 Å². The molecule has 4 saturated carbocycles. The Morgan fingerprint density at radius 2 is 1.62 bits per heavy atom. The minimum Gasteiger partial charge on any atom is -0.465 e. The molecule has 4 N–H and O–H groups in total. The zero-order chi connectivity index (χ0) is 37.3. The maximum Gasteiger partial charge on any atom is 0.306 e. The second kappa shape index (κ2) is 14.4. The van der Waals surface area contributed by atoms with E-state index in [1.54, 1.807) is 6.92 Å². The summed E-state index contributed by atoms with van der Waals surface area (Å²) in [6, 6.07) is 0.